The minimum atomic E-state index is -1.37. The monoisotopic (exact) mass is 625 g/mol. The van der Waals surface area contributed by atoms with Crippen LogP contribution in [0.15, 0.2) is 84.9 Å². The summed E-state index contributed by atoms with van der Waals surface area (Å²) in [7, 11) is 2.89. The second kappa shape index (κ2) is 12.6. The fourth-order valence-corrected chi connectivity index (χ4v) is 5.45. The standard InChI is InChI=1S/C34H28FN3O8/c1-43-26-13-11-20(15-28(26)44-2)31(33(41)36-22-12-14-27-29(16-22)46-19-45-27)38(17-21-7-3-5-9-24(21)35)30(39)18-37-25-10-6-4-8-23(25)32(40)34(37)42/h3-16,31H,17-19H2,1-2H3,(H,36,41). The molecule has 0 radical (unpaired) electrons. The number of anilines is 2. The lowest BCUT2D eigenvalue weighted by Gasteiger charge is -2.33. The van der Waals surface area contributed by atoms with Crippen molar-refractivity contribution in [2.24, 2.45) is 0 Å². The number of nitrogens with one attached hydrogen (secondary N) is 1. The minimum absolute atomic E-state index is 0.0345. The summed E-state index contributed by atoms with van der Waals surface area (Å²) in [6.45, 7) is -0.902. The molecule has 0 spiro atoms. The molecule has 3 amide bonds. The number of ketones is 1. The third-order valence-electron chi connectivity index (χ3n) is 7.71. The Kier molecular flexibility index (Phi) is 8.25. The molecule has 0 saturated carbocycles. The number of carbonyl (C=O) groups is 4. The molecule has 1 N–H and O–H groups in total. The van der Waals surface area contributed by atoms with Crippen LogP contribution in [-0.2, 0) is 20.9 Å². The van der Waals surface area contributed by atoms with Crippen LogP contribution in [0, 0.1) is 5.82 Å². The summed E-state index contributed by atoms with van der Waals surface area (Å²) in [5.74, 6) is -2.00. The first-order valence-corrected chi connectivity index (χ1v) is 14.2. The fraction of sp³-hybridized carbons (Fsp3) is 0.176. The number of Topliss-reactive ketones (excluding diaryl/α,β-unsaturated/α-hetero) is 1. The third-order valence-corrected chi connectivity index (χ3v) is 7.71. The molecule has 0 bridgehead atoms. The van der Waals surface area contributed by atoms with Crippen LogP contribution in [0.4, 0.5) is 15.8 Å². The van der Waals surface area contributed by atoms with Crippen molar-refractivity contribution in [1.82, 2.24) is 4.90 Å². The van der Waals surface area contributed by atoms with Crippen LogP contribution in [0.25, 0.3) is 0 Å². The largest absolute Gasteiger partial charge is 0.493 e. The van der Waals surface area contributed by atoms with Crippen molar-refractivity contribution in [3.05, 3.63) is 107 Å². The number of fused-ring (bicyclic) bond motifs is 2. The highest BCUT2D eigenvalue weighted by Gasteiger charge is 2.40. The van der Waals surface area contributed by atoms with Gasteiger partial charge in [0, 0.05) is 23.9 Å². The zero-order valence-corrected chi connectivity index (χ0v) is 24.8. The Bertz CT molecular complexity index is 1860. The molecule has 2 aliphatic heterocycles. The molecular formula is C34H28FN3O8. The van der Waals surface area contributed by atoms with Crippen LogP contribution in [0.2, 0.25) is 0 Å². The number of hydrogen-bond donors (Lipinski definition) is 1. The second-order valence-corrected chi connectivity index (χ2v) is 10.4. The van der Waals surface area contributed by atoms with E-state index in [1.54, 1.807) is 60.7 Å². The lowest BCUT2D eigenvalue weighted by molar-refractivity contribution is -0.139. The van der Waals surface area contributed by atoms with Gasteiger partial charge in [-0.05, 0) is 48.0 Å². The van der Waals surface area contributed by atoms with Gasteiger partial charge < -0.3 is 29.2 Å². The predicted octanol–water partition coefficient (Wildman–Crippen LogP) is 4.51. The smallest absolute Gasteiger partial charge is 0.299 e. The third kappa shape index (κ3) is 5.68. The summed E-state index contributed by atoms with van der Waals surface area (Å²) in [4.78, 5) is 56.5. The van der Waals surface area contributed by atoms with Crippen molar-refractivity contribution in [3.8, 4) is 23.0 Å². The molecule has 11 nitrogen and oxygen atoms in total. The van der Waals surface area contributed by atoms with Crippen molar-refractivity contribution in [3.63, 3.8) is 0 Å². The highest BCUT2D eigenvalue weighted by atomic mass is 19.1. The molecule has 2 aliphatic rings. The van der Waals surface area contributed by atoms with Gasteiger partial charge in [0.1, 0.15) is 18.4 Å². The van der Waals surface area contributed by atoms with E-state index in [-0.39, 0.29) is 35.9 Å². The molecule has 0 saturated heterocycles. The molecule has 0 fully saturated rings. The number of nitrogens with zero attached hydrogens (tertiary/aromatic N) is 2. The van der Waals surface area contributed by atoms with Gasteiger partial charge in [-0.3, -0.25) is 24.1 Å². The first kappa shape index (κ1) is 30.1. The Morgan fingerprint density at radius 3 is 2.43 bits per heavy atom. The van der Waals surface area contributed by atoms with Gasteiger partial charge in [0.05, 0.1) is 25.5 Å². The number of halogens is 1. The summed E-state index contributed by atoms with van der Waals surface area (Å²) in [5, 5.41) is 2.83. The number of carbonyl (C=O) groups excluding carboxylic acids is 4. The Morgan fingerprint density at radius 2 is 1.65 bits per heavy atom. The van der Waals surface area contributed by atoms with Crippen molar-refractivity contribution in [2.75, 3.05) is 37.8 Å². The fourth-order valence-electron chi connectivity index (χ4n) is 5.45. The molecule has 4 aromatic carbocycles. The molecule has 1 unspecified atom stereocenters. The molecule has 234 valence electrons. The number of benzene rings is 4. The van der Waals surface area contributed by atoms with Gasteiger partial charge in [-0.25, -0.2) is 4.39 Å². The van der Waals surface area contributed by atoms with E-state index >= 15 is 4.39 Å². The van der Waals surface area contributed by atoms with Crippen molar-refractivity contribution in [2.45, 2.75) is 12.6 Å². The van der Waals surface area contributed by atoms with E-state index in [9.17, 15) is 19.2 Å². The van der Waals surface area contributed by atoms with Gasteiger partial charge in [-0.1, -0.05) is 36.4 Å². The normalized spacial score (nSPS) is 13.7. The summed E-state index contributed by atoms with van der Waals surface area (Å²) in [5.41, 5.74) is 1.22. The van der Waals surface area contributed by atoms with E-state index in [0.717, 1.165) is 4.90 Å². The van der Waals surface area contributed by atoms with Gasteiger partial charge in [-0.15, -0.1) is 0 Å². The molecule has 1 atom stereocenters. The average Bonchev–Trinajstić information content (AvgIpc) is 3.63. The van der Waals surface area contributed by atoms with Gasteiger partial charge >= 0.3 is 0 Å². The minimum Gasteiger partial charge on any atom is -0.493 e. The Balaban J connectivity index is 1.43. The van der Waals surface area contributed by atoms with E-state index in [1.807, 2.05) is 0 Å². The molecule has 0 aliphatic carbocycles. The maximum Gasteiger partial charge on any atom is 0.299 e. The van der Waals surface area contributed by atoms with Crippen LogP contribution < -0.4 is 29.2 Å². The number of amides is 3. The highest BCUT2D eigenvalue weighted by molar-refractivity contribution is 6.52. The predicted molar refractivity (Wildman–Crippen MR) is 164 cm³/mol. The molecule has 0 aromatic heterocycles. The van der Waals surface area contributed by atoms with E-state index in [1.165, 1.54) is 43.4 Å². The molecular weight excluding hydrogens is 597 g/mol. The Hall–Kier alpha value is -5.91. The maximum absolute atomic E-state index is 15.1. The van der Waals surface area contributed by atoms with Crippen LogP contribution in [-0.4, -0.2) is 56.0 Å². The summed E-state index contributed by atoms with van der Waals surface area (Å²) in [6, 6.07) is 20.4. The molecule has 12 heteroatoms. The van der Waals surface area contributed by atoms with Crippen molar-refractivity contribution < 1.29 is 42.5 Å². The number of ether oxygens (including phenoxy) is 4. The van der Waals surface area contributed by atoms with Crippen LogP contribution in [0.3, 0.4) is 0 Å². The van der Waals surface area contributed by atoms with Crippen LogP contribution >= 0.6 is 0 Å². The zero-order valence-electron chi connectivity index (χ0n) is 24.8. The summed E-state index contributed by atoms with van der Waals surface area (Å²) < 4.78 is 36.8. The van der Waals surface area contributed by atoms with Crippen molar-refractivity contribution in [1.29, 1.82) is 0 Å². The van der Waals surface area contributed by atoms with Gasteiger partial charge in [0.25, 0.3) is 17.6 Å². The van der Waals surface area contributed by atoms with Gasteiger partial charge in [0.2, 0.25) is 12.7 Å². The van der Waals surface area contributed by atoms with E-state index in [4.69, 9.17) is 18.9 Å². The highest BCUT2D eigenvalue weighted by Crippen LogP contribution is 2.37. The maximum atomic E-state index is 15.1. The number of hydrogen-bond acceptors (Lipinski definition) is 8. The first-order valence-electron chi connectivity index (χ1n) is 14.2. The van der Waals surface area contributed by atoms with Gasteiger partial charge in [-0.2, -0.15) is 0 Å². The lowest BCUT2D eigenvalue weighted by Crippen LogP contribution is -2.46. The summed E-state index contributed by atoms with van der Waals surface area (Å²) in [6.07, 6.45) is 0. The van der Waals surface area contributed by atoms with Crippen molar-refractivity contribution >= 4 is 34.9 Å². The average molecular weight is 626 g/mol. The van der Waals surface area contributed by atoms with Crippen LogP contribution in [0.1, 0.15) is 27.5 Å². The lowest BCUT2D eigenvalue weighted by atomic mass is 10.0. The van der Waals surface area contributed by atoms with E-state index in [0.29, 0.717) is 28.5 Å². The van der Waals surface area contributed by atoms with Crippen LogP contribution in [0.5, 0.6) is 23.0 Å². The summed E-state index contributed by atoms with van der Waals surface area (Å²) >= 11 is 0. The molecule has 2 heterocycles. The number of rotatable bonds is 10. The number of methoxy groups -OCH3 is 2. The first-order chi connectivity index (χ1) is 22.3. The Labute approximate surface area is 263 Å². The Morgan fingerprint density at radius 1 is 0.913 bits per heavy atom. The van der Waals surface area contributed by atoms with E-state index in [2.05, 4.69) is 5.32 Å². The molecule has 4 aromatic rings. The molecule has 46 heavy (non-hydrogen) atoms. The molecule has 6 rings (SSSR count). The van der Waals surface area contributed by atoms with Gasteiger partial charge in [0.15, 0.2) is 23.0 Å². The van der Waals surface area contributed by atoms with E-state index < -0.39 is 41.9 Å². The zero-order chi connectivity index (χ0) is 32.4. The quantitative estimate of drug-likeness (QED) is 0.256. The SMILES string of the molecule is COc1ccc(C(C(=O)Nc2ccc3c(c2)OCO3)N(Cc2ccccc2F)C(=O)CN2C(=O)C(=O)c3ccccc32)cc1OC. The second-order valence-electron chi connectivity index (χ2n) is 10.4. The topological polar surface area (TPSA) is 124 Å². The number of para-hydroxylation sites is 1.